The zero-order valence-electron chi connectivity index (χ0n) is 16.1. The number of carbonyl (C=O) groups excluding carboxylic acids is 2. The topological polar surface area (TPSA) is 108 Å². The number of rotatable bonds is 6. The first-order valence-corrected chi connectivity index (χ1v) is 10.9. The van der Waals surface area contributed by atoms with E-state index in [1.807, 2.05) is 0 Å². The summed E-state index contributed by atoms with van der Waals surface area (Å²) >= 11 is 0. The fourth-order valence-electron chi connectivity index (χ4n) is 3.20. The molecule has 0 unspecified atom stereocenters. The van der Waals surface area contributed by atoms with Gasteiger partial charge in [0.25, 0.3) is 0 Å². The summed E-state index contributed by atoms with van der Waals surface area (Å²) in [6, 6.07) is 10.8. The van der Waals surface area contributed by atoms with E-state index >= 15 is 0 Å². The fourth-order valence-corrected chi connectivity index (χ4v) is 4.75. The fraction of sp³-hybridized carbons (Fsp3) is 0.350. The highest BCUT2D eigenvalue weighted by molar-refractivity contribution is 7.89. The van der Waals surface area contributed by atoms with Crippen molar-refractivity contribution in [3.05, 3.63) is 54.9 Å². The van der Waals surface area contributed by atoms with Gasteiger partial charge in [-0.3, -0.25) is 14.6 Å². The number of piperidine rings is 1. The minimum absolute atomic E-state index is 0.0972. The highest BCUT2D eigenvalue weighted by atomic mass is 32.2. The van der Waals surface area contributed by atoms with E-state index in [2.05, 4.69) is 15.6 Å². The summed E-state index contributed by atoms with van der Waals surface area (Å²) in [5, 5.41) is 5.37. The van der Waals surface area contributed by atoms with Crippen molar-refractivity contribution in [2.75, 3.05) is 18.4 Å². The number of anilines is 1. The average Bonchev–Trinajstić information content (AvgIpc) is 2.75. The molecule has 2 heterocycles. The molecule has 0 saturated carbocycles. The van der Waals surface area contributed by atoms with Crippen molar-refractivity contribution in [2.45, 2.75) is 30.7 Å². The first-order chi connectivity index (χ1) is 13.9. The Bertz CT molecular complexity index is 951. The standard InChI is InChI=1S/C20H24N4O4S/c1-15(19(25)23-17-8-5-11-21-13-17)22-20(26)16-7-6-12-24(14-16)29(27,28)18-9-3-2-4-10-18/h2-5,8-11,13,15-16H,6-7,12,14H2,1H3,(H,22,26)(H,23,25)/t15-,16-/m1/s1. The van der Waals surface area contributed by atoms with Gasteiger partial charge in [-0.05, 0) is 44.0 Å². The van der Waals surface area contributed by atoms with Gasteiger partial charge in [-0.15, -0.1) is 0 Å². The van der Waals surface area contributed by atoms with Crippen LogP contribution >= 0.6 is 0 Å². The minimum atomic E-state index is -3.65. The number of benzene rings is 1. The summed E-state index contributed by atoms with van der Waals surface area (Å²) in [5.74, 6) is -1.20. The summed E-state index contributed by atoms with van der Waals surface area (Å²) in [6.45, 7) is 2.06. The smallest absolute Gasteiger partial charge is 0.246 e. The van der Waals surface area contributed by atoms with Crippen LogP contribution in [0, 0.1) is 5.92 Å². The van der Waals surface area contributed by atoms with Gasteiger partial charge >= 0.3 is 0 Å². The minimum Gasteiger partial charge on any atom is -0.344 e. The van der Waals surface area contributed by atoms with Crippen molar-refractivity contribution in [1.29, 1.82) is 0 Å². The van der Waals surface area contributed by atoms with Crippen LogP contribution in [-0.2, 0) is 19.6 Å². The van der Waals surface area contributed by atoms with Gasteiger partial charge in [-0.2, -0.15) is 4.31 Å². The molecule has 2 atom stereocenters. The highest BCUT2D eigenvalue weighted by Gasteiger charge is 2.34. The molecule has 2 N–H and O–H groups in total. The van der Waals surface area contributed by atoms with Gasteiger partial charge in [-0.25, -0.2) is 8.42 Å². The van der Waals surface area contributed by atoms with Gasteiger partial charge < -0.3 is 10.6 Å². The number of nitrogens with zero attached hydrogens (tertiary/aromatic N) is 2. The second kappa shape index (κ2) is 9.15. The Morgan fingerprint density at radius 3 is 2.62 bits per heavy atom. The monoisotopic (exact) mass is 416 g/mol. The molecule has 1 saturated heterocycles. The molecular formula is C20H24N4O4S. The third kappa shape index (κ3) is 5.18. The second-order valence-corrected chi connectivity index (χ2v) is 8.91. The maximum atomic E-state index is 12.8. The number of amides is 2. The van der Waals surface area contributed by atoms with Crippen molar-refractivity contribution >= 4 is 27.5 Å². The lowest BCUT2D eigenvalue weighted by Crippen LogP contribution is -2.49. The van der Waals surface area contributed by atoms with Crippen molar-refractivity contribution in [3.63, 3.8) is 0 Å². The molecule has 8 nitrogen and oxygen atoms in total. The first kappa shape index (κ1) is 20.9. The van der Waals surface area contributed by atoms with E-state index < -0.39 is 22.0 Å². The van der Waals surface area contributed by atoms with Gasteiger partial charge in [-0.1, -0.05) is 18.2 Å². The lowest BCUT2D eigenvalue weighted by Gasteiger charge is -2.31. The van der Waals surface area contributed by atoms with Crippen LogP contribution in [0.5, 0.6) is 0 Å². The van der Waals surface area contributed by atoms with Crippen molar-refractivity contribution in [2.24, 2.45) is 5.92 Å². The molecule has 0 bridgehead atoms. The molecular weight excluding hydrogens is 392 g/mol. The third-order valence-corrected chi connectivity index (χ3v) is 6.70. The molecule has 0 aliphatic carbocycles. The van der Waals surface area contributed by atoms with E-state index in [1.165, 1.54) is 10.5 Å². The molecule has 9 heteroatoms. The zero-order valence-corrected chi connectivity index (χ0v) is 16.9. The van der Waals surface area contributed by atoms with Gasteiger partial charge in [0.1, 0.15) is 6.04 Å². The van der Waals surface area contributed by atoms with Crippen LogP contribution in [-0.4, -0.2) is 48.7 Å². The van der Waals surface area contributed by atoms with Crippen molar-refractivity contribution in [3.8, 4) is 0 Å². The molecule has 0 spiro atoms. The van der Waals surface area contributed by atoms with E-state index in [1.54, 1.807) is 55.6 Å². The van der Waals surface area contributed by atoms with Crippen LogP contribution in [0.1, 0.15) is 19.8 Å². The SMILES string of the molecule is C[C@@H](NC(=O)[C@@H]1CCCN(S(=O)(=O)c2ccccc2)C1)C(=O)Nc1cccnc1. The average molecular weight is 417 g/mol. The molecule has 1 aliphatic heterocycles. The first-order valence-electron chi connectivity index (χ1n) is 9.44. The van der Waals surface area contributed by atoms with E-state index in [4.69, 9.17) is 0 Å². The Hall–Kier alpha value is -2.78. The molecule has 1 aromatic carbocycles. The molecule has 3 rings (SSSR count). The molecule has 1 aromatic heterocycles. The van der Waals surface area contributed by atoms with Gasteiger partial charge in [0.15, 0.2) is 0 Å². The van der Waals surface area contributed by atoms with Gasteiger partial charge in [0.05, 0.1) is 22.7 Å². The summed E-state index contributed by atoms with van der Waals surface area (Å²) in [5.41, 5.74) is 0.538. The number of aromatic nitrogens is 1. The number of hydrogen-bond donors (Lipinski definition) is 2. The largest absolute Gasteiger partial charge is 0.344 e. The maximum Gasteiger partial charge on any atom is 0.246 e. The van der Waals surface area contributed by atoms with Crippen molar-refractivity contribution < 1.29 is 18.0 Å². The number of carbonyl (C=O) groups is 2. The summed E-state index contributed by atoms with van der Waals surface area (Å²) in [7, 11) is -3.65. The molecule has 29 heavy (non-hydrogen) atoms. The van der Waals surface area contributed by atoms with Crippen molar-refractivity contribution in [1.82, 2.24) is 14.6 Å². The molecule has 1 aliphatic rings. The van der Waals surface area contributed by atoms with Crippen LogP contribution in [0.2, 0.25) is 0 Å². The predicted octanol–water partition coefficient (Wildman–Crippen LogP) is 1.63. The summed E-state index contributed by atoms with van der Waals surface area (Å²) in [6.07, 6.45) is 4.27. The Balaban J connectivity index is 1.60. The zero-order chi connectivity index (χ0) is 20.9. The molecule has 2 aromatic rings. The van der Waals surface area contributed by atoms with E-state index in [0.29, 0.717) is 25.1 Å². The quantitative estimate of drug-likeness (QED) is 0.744. The molecule has 1 fully saturated rings. The maximum absolute atomic E-state index is 12.8. The van der Waals surface area contributed by atoms with Gasteiger partial charge in [0, 0.05) is 19.3 Å². The summed E-state index contributed by atoms with van der Waals surface area (Å²) in [4.78, 5) is 29.1. The van der Waals surface area contributed by atoms with Gasteiger partial charge in [0.2, 0.25) is 21.8 Å². The lowest BCUT2D eigenvalue weighted by atomic mass is 9.98. The van der Waals surface area contributed by atoms with Crippen LogP contribution in [0.4, 0.5) is 5.69 Å². The highest BCUT2D eigenvalue weighted by Crippen LogP contribution is 2.24. The number of hydrogen-bond acceptors (Lipinski definition) is 5. The molecule has 0 radical (unpaired) electrons. The third-order valence-electron chi connectivity index (χ3n) is 4.82. The Morgan fingerprint density at radius 2 is 1.93 bits per heavy atom. The number of nitrogens with one attached hydrogen (secondary N) is 2. The predicted molar refractivity (Wildman–Crippen MR) is 108 cm³/mol. The normalized spacial score (nSPS) is 18.6. The van der Waals surface area contributed by atoms with Crippen LogP contribution in [0.25, 0.3) is 0 Å². The Labute approximate surface area is 170 Å². The Kier molecular flexibility index (Phi) is 6.60. The molecule has 2 amide bonds. The van der Waals surface area contributed by atoms with Crippen LogP contribution in [0.15, 0.2) is 59.8 Å². The second-order valence-electron chi connectivity index (χ2n) is 6.98. The Morgan fingerprint density at radius 1 is 1.17 bits per heavy atom. The van der Waals surface area contributed by atoms with E-state index in [9.17, 15) is 18.0 Å². The summed E-state index contributed by atoms with van der Waals surface area (Å²) < 4.78 is 27.0. The number of pyridine rings is 1. The van der Waals surface area contributed by atoms with E-state index in [-0.39, 0.29) is 23.3 Å². The van der Waals surface area contributed by atoms with Crippen LogP contribution < -0.4 is 10.6 Å². The lowest BCUT2D eigenvalue weighted by molar-refractivity contribution is -0.129. The van der Waals surface area contributed by atoms with Crippen LogP contribution in [0.3, 0.4) is 0 Å². The molecule has 154 valence electrons. The number of sulfonamides is 1. The van der Waals surface area contributed by atoms with E-state index in [0.717, 1.165) is 0 Å².